The Kier molecular flexibility index (Phi) is 0.817. The van der Waals surface area contributed by atoms with E-state index in [9.17, 15) is 0 Å². The molecular weight excluding hydrogens is 96.0 g/mol. The van der Waals surface area contributed by atoms with E-state index in [-0.39, 0.29) is 11.7 Å². The van der Waals surface area contributed by atoms with Crippen molar-refractivity contribution in [2.75, 3.05) is 6.61 Å². The lowest BCUT2D eigenvalue weighted by molar-refractivity contribution is 0.113. The van der Waals surface area contributed by atoms with E-state index in [0.29, 0.717) is 13.0 Å². The topological polar surface area (TPSA) is 49.7 Å². The van der Waals surface area contributed by atoms with Crippen molar-refractivity contribution in [1.82, 2.24) is 0 Å². The highest BCUT2D eigenvalue weighted by molar-refractivity contribution is 4.95. The Hall–Kier alpha value is -0.860. The summed E-state index contributed by atoms with van der Waals surface area (Å²) >= 11 is 0. The van der Waals surface area contributed by atoms with Gasteiger partial charge in [-0.3, -0.25) is 0 Å². The Balaban J connectivity index is 2.64. The monoisotopic (exact) mass is 102 g/mol. The van der Waals surface area contributed by atoms with Gasteiger partial charge in [-0.25, -0.2) is 0 Å². The van der Waals surface area contributed by atoms with E-state index < -0.39 is 0 Å². The highest BCUT2D eigenvalue weighted by Gasteiger charge is 2.11. The number of rotatable bonds is 0. The summed E-state index contributed by atoms with van der Waals surface area (Å²) < 4.78 is 4.45. The SMILES string of the molecule is OC1=C(O)OCC1. The molecule has 0 saturated heterocycles. The molecule has 0 aliphatic carbocycles. The zero-order chi connectivity index (χ0) is 5.28. The van der Waals surface area contributed by atoms with Crippen molar-refractivity contribution in [3.63, 3.8) is 0 Å². The highest BCUT2D eigenvalue weighted by atomic mass is 16.6. The number of hydrogen-bond donors (Lipinski definition) is 2. The quantitative estimate of drug-likeness (QED) is 0.473. The summed E-state index contributed by atoms with van der Waals surface area (Å²) in [6, 6.07) is 0. The van der Waals surface area contributed by atoms with Crippen LogP contribution >= 0.6 is 0 Å². The Labute approximate surface area is 40.8 Å². The minimum atomic E-state index is -0.319. The van der Waals surface area contributed by atoms with Crippen LogP contribution in [0.25, 0.3) is 0 Å². The van der Waals surface area contributed by atoms with E-state index in [1.165, 1.54) is 0 Å². The Morgan fingerprint density at radius 1 is 1.43 bits per heavy atom. The van der Waals surface area contributed by atoms with Crippen molar-refractivity contribution < 1.29 is 14.9 Å². The minimum Gasteiger partial charge on any atom is -0.506 e. The molecule has 0 radical (unpaired) electrons. The minimum absolute atomic E-state index is 0.0417. The molecule has 0 aromatic rings. The normalized spacial score (nSPS) is 20.0. The smallest absolute Gasteiger partial charge is 0.316 e. The summed E-state index contributed by atoms with van der Waals surface area (Å²) in [4.78, 5) is 0. The molecule has 0 saturated carbocycles. The van der Waals surface area contributed by atoms with Crippen molar-refractivity contribution in [1.29, 1.82) is 0 Å². The Bertz CT molecular complexity index is 93.5. The average molecular weight is 102 g/mol. The van der Waals surface area contributed by atoms with Gasteiger partial charge in [0.2, 0.25) is 0 Å². The summed E-state index contributed by atoms with van der Waals surface area (Å²) in [5, 5.41) is 16.9. The van der Waals surface area contributed by atoms with Gasteiger partial charge in [0.15, 0.2) is 5.76 Å². The van der Waals surface area contributed by atoms with Crippen LogP contribution in [0.15, 0.2) is 11.7 Å². The van der Waals surface area contributed by atoms with Gasteiger partial charge in [-0.2, -0.15) is 0 Å². The number of hydrogen-bond acceptors (Lipinski definition) is 3. The summed E-state index contributed by atoms with van der Waals surface area (Å²) in [6.07, 6.45) is 0.436. The molecule has 3 nitrogen and oxygen atoms in total. The lowest BCUT2D eigenvalue weighted by atomic mass is 10.4. The third kappa shape index (κ3) is 0.607. The van der Waals surface area contributed by atoms with Crippen LogP contribution in [0.2, 0.25) is 0 Å². The van der Waals surface area contributed by atoms with Crippen molar-refractivity contribution in [2.45, 2.75) is 6.42 Å². The first kappa shape index (κ1) is 4.30. The van der Waals surface area contributed by atoms with E-state index in [1.54, 1.807) is 0 Å². The van der Waals surface area contributed by atoms with Crippen LogP contribution in [0.3, 0.4) is 0 Å². The van der Waals surface area contributed by atoms with Crippen LogP contribution in [0.1, 0.15) is 6.42 Å². The third-order valence-electron chi connectivity index (χ3n) is 0.825. The number of aliphatic hydroxyl groups is 2. The summed E-state index contributed by atoms with van der Waals surface area (Å²) in [7, 11) is 0. The van der Waals surface area contributed by atoms with Gasteiger partial charge in [0.25, 0.3) is 0 Å². The molecular formula is C4H6O3. The van der Waals surface area contributed by atoms with E-state index in [2.05, 4.69) is 4.74 Å². The lowest BCUT2D eigenvalue weighted by Crippen LogP contribution is -1.80. The fraction of sp³-hybridized carbons (Fsp3) is 0.500. The largest absolute Gasteiger partial charge is 0.506 e. The van der Waals surface area contributed by atoms with Crippen molar-refractivity contribution >= 4 is 0 Å². The van der Waals surface area contributed by atoms with Gasteiger partial charge >= 0.3 is 5.95 Å². The predicted octanol–water partition coefficient (Wildman–Crippen LogP) is 0.692. The lowest BCUT2D eigenvalue weighted by Gasteiger charge is -1.88. The van der Waals surface area contributed by atoms with Crippen LogP contribution in [-0.4, -0.2) is 16.8 Å². The molecule has 1 heterocycles. The second-order valence-electron chi connectivity index (χ2n) is 1.35. The van der Waals surface area contributed by atoms with Crippen LogP contribution in [-0.2, 0) is 4.74 Å². The van der Waals surface area contributed by atoms with Gasteiger partial charge in [0.05, 0.1) is 6.61 Å². The predicted molar refractivity (Wildman–Crippen MR) is 22.9 cm³/mol. The molecule has 1 aliphatic rings. The zero-order valence-corrected chi connectivity index (χ0v) is 3.72. The first-order valence-corrected chi connectivity index (χ1v) is 2.04. The van der Waals surface area contributed by atoms with Crippen molar-refractivity contribution in [3.8, 4) is 0 Å². The van der Waals surface area contributed by atoms with Crippen molar-refractivity contribution in [3.05, 3.63) is 11.7 Å². The molecule has 0 fully saturated rings. The van der Waals surface area contributed by atoms with Crippen molar-refractivity contribution in [2.24, 2.45) is 0 Å². The molecule has 0 unspecified atom stereocenters. The van der Waals surface area contributed by atoms with Crippen LogP contribution in [0, 0.1) is 0 Å². The molecule has 0 aromatic heterocycles. The van der Waals surface area contributed by atoms with E-state index in [1.807, 2.05) is 0 Å². The van der Waals surface area contributed by atoms with E-state index >= 15 is 0 Å². The summed E-state index contributed by atoms with van der Waals surface area (Å²) in [5.74, 6) is -0.361. The fourth-order valence-corrected chi connectivity index (χ4v) is 0.435. The molecule has 3 heteroatoms. The second-order valence-corrected chi connectivity index (χ2v) is 1.35. The second kappa shape index (κ2) is 1.33. The molecule has 1 aliphatic heterocycles. The first-order chi connectivity index (χ1) is 3.30. The summed E-state index contributed by atoms with van der Waals surface area (Å²) in [5.41, 5.74) is 0. The Morgan fingerprint density at radius 2 is 2.14 bits per heavy atom. The highest BCUT2D eigenvalue weighted by Crippen LogP contribution is 2.11. The molecule has 0 atom stereocenters. The number of ether oxygens (including phenoxy) is 1. The Morgan fingerprint density at radius 3 is 2.29 bits per heavy atom. The molecule has 0 spiro atoms. The molecule has 40 valence electrons. The maximum atomic E-state index is 8.50. The molecule has 1 rings (SSSR count). The average Bonchev–Trinajstić information content (AvgIpc) is 1.91. The standard InChI is InChI=1S/C4H6O3/c5-3-1-2-7-4(3)6/h5-6H,1-2H2. The maximum Gasteiger partial charge on any atom is 0.316 e. The molecule has 2 N–H and O–H groups in total. The van der Waals surface area contributed by atoms with Gasteiger partial charge in [0.1, 0.15) is 0 Å². The van der Waals surface area contributed by atoms with Gasteiger partial charge < -0.3 is 14.9 Å². The van der Waals surface area contributed by atoms with Gasteiger partial charge in [-0.15, -0.1) is 0 Å². The van der Waals surface area contributed by atoms with E-state index in [0.717, 1.165) is 0 Å². The zero-order valence-electron chi connectivity index (χ0n) is 3.72. The third-order valence-corrected chi connectivity index (χ3v) is 0.825. The maximum absolute atomic E-state index is 8.50. The van der Waals surface area contributed by atoms with Gasteiger partial charge in [0, 0.05) is 6.42 Å². The molecule has 0 aromatic carbocycles. The summed E-state index contributed by atoms with van der Waals surface area (Å²) in [6.45, 7) is 0.400. The van der Waals surface area contributed by atoms with E-state index in [4.69, 9.17) is 10.2 Å². The van der Waals surface area contributed by atoms with Crippen LogP contribution < -0.4 is 0 Å². The molecule has 7 heavy (non-hydrogen) atoms. The first-order valence-electron chi connectivity index (χ1n) is 2.04. The van der Waals surface area contributed by atoms with Crippen LogP contribution in [0.4, 0.5) is 0 Å². The number of aliphatic hydroxyl groups excluding tert-OH is 2. The molecule has 0 amide bonds. The van der Waals surface area contributed by atoms with Gasteiger partial charge in [-0.1, -0.05) is 0 Å². The van der Waals surface area contributed by atoms with Gasteiger partial charge in [-0.05, 0) is 0 Å². The fourth-order valence-electron chi connectivity index (χ4n) is 0.435. The van der Waals surface area contributed by atoms with Crippen LogP contribution in [0.5, 0.6) is 0 Å². The molecule has 0 bridgehead atoms.